The summed E-state index contributed by atoms with van der Waals surface area (Å²) in [5.41, 5.74) is 0.255. The first-order valence-corrected chi connectivity index (χ1v) is 14.4. The Labute approximate surface area is 208 Å². The molecule has 29 heavy (non-hydrogen) atoms. The molecular weight excluding hydrogens is 636 g/mol. The maximum atomic E-state index is 6.18. The molecule has 0 aromatic rings. The summed E-state index contributed by atoms with van der Waals surface area (Å²) in [7, 11) is 0. The van der Waals surface area contributed by atoms with E-state index < -0.39 is 0 Å². The summed E-state index contributed by atoms with van der Waals surface area (Å²) in [6, 6.07) is 0. The summed E-state index contributed by atoms with van der Waals surface area (Å²) < 4.78 is 23.0. The van der Waals surface area contributed by atoms with Crippen molar-refractivity contribution in [3.8, 4) is 0 Å². The molecule has 0 amide bonds. The Morgan fingerprint density at radius 3 is 1.28 bits per heavy atom. The van der Waals surface area contributed by atoms with E-state index in [2.05, 4.69) is 77.6 Å². The highest BCUT2D eigenvalue weighted by Crippen LogP contribution is 2.52. The zero-order valence-electron chi connectivity index (χ0n) is 17.1. The van der Waals surface area contributed by atoms with Gasteiger partial charge in [-0.15, -0.1) is 0 Å². The minimum Gasteiger partial charge on any atom is -0.373 e. The van der Waals surface area contributed by atoms with Gasteiger partial charge in [0.15, 0.2) is 0 Å². The van der Waals surface area contributed by atoms with Crippen molar-refractivity contribution in [1.82, 2.24) is 0 Å². The fraction of sp³-hybridized carbons (Fsp3) is 1.00. The molecule has 0 bridgehead atoms. The van der Waals surface area contributed by atoms with Crippen LogP contribution in [0.25, 0.3) is 0 Å². The molecule has 2 saturated heterocycles. The predicted molar refractivity (Wildman–Crippen MR) is 129 cm³/mol. The van der Waals surface area contributed by atoms with Gasteiger partial charge in [0, 0.05) is 19.3 Å². The van der Waals surface area contributed by atoms with Crippen LogP contribution in [0.4, 0.5) is 0 Å². The van der Waals surface area contributed by atoms with E-state index in [9.17, 15) is 0 Å². The van der Waals surface area contributed by atoms with Crippen molar-refractivity contribution in [2.24, 2.45) is 17.3 Å². The number of rotatable bonds is 8. The van der Waals surface area contributed by atoms with E-state index in [-0.39, 0.29) is 17.6 Å². The van der Waals surface area contributed by atoms with Crippen LogP contribution >= 0.6 is 63.7 Å². The van der Waals surface area contributed by atoms with Crippen LogP contribution in [0.15, 0.2) is 0 Å². The molecule has 4 aliphatic rings. The molecule has 2 aliphatic carbocycles. The quantitative estimate of drug-likeness (QED) is 0.255. The lowest BCUT2D eigenvalue weighted by Crippen LogP contribution is -2.50. The zero-order valence-corrected chi connectivity index (χ0v) is 23.4. The van der Waals surface area contributed by atoms with Crippen molar-refractivity contribution < 1.29 is 18.9 Å². The summed E-state index contributed by atoms with van der Waals surface area (Å²) in [6.45, 7) is 8.08. The van der Waals surface area contributed by atoms with Gasteiger partial charge >= 0.3 is 0 Å². The second-order valence-corrected chi connectivity index (χ2v) is 14.4. The zero-order chi connectivity index (χ0) is 20.8. The summed E-state index contributed by atoms with van der Waals surface area (Å²) in [4.78, 5) is 1.51. The average Bonchev–Trinajstić information content (AvgIpc) is 3.54. The van der Waals surface area contributed by atoms with Gasteiger partial charge in [-0.25, -0.2) is 0 Å². The minimum absolute atomic E-state index is 0.216. The molecule has 0 aromatic carbocycles. The van der Waals surface area contributed by atoms with Crippen molar-refractivity contribution in [2.75, 3.05) is 26.4 Å². The lowest BCUT2D eigenvalue weighted by molar-refractivity contribution is -0.0262. The van der Waals surface area contributed by atoms with Crippen LogP contribution < -0.4 is 0 Å². The number of alkyl halides is 4. The second kappa shape index (κ2) is 9.94. The molecule has 2 saturated carbocycles. The Kier molecular flexibility index (Phi) is 8.19. The molecule has 2 aliphatic heterocycles. The van der Waals surface area contributed by atoms with Crippen LogP contribution in [0, 0.1) is 17.3 Å². The minimum atomic E-state index is 0.216. The number of hydrogen-bond acceptors (Lipinski definition) is 4. The molecule has 4 fully saturated rings. The molecule has 2 heterocycles. The largest absolute Gasteiger partial charge is 0.373 e. The van der Waals surface area contributed by atoms with Crippen LogP contribution in [0.1, 0.15) is 39.5 Å². The highest BCUT2D eigenvalue weighted by atomic mass is 79.9. The Morgan fingerprint density at radius 1 is 0.690 bits per heavy atom. The van der Waals surface area contributed by atoms with Gasteiger partial charge < -0.3 is 18.9 Å². The highest BCUT2D eigenvalue weighted by Gasteiger charge is 2.49. The van der Waals surface area contributed by atoms with E-state index in [0.29, 0.717) is 43.4 Å². The molecular formula is C21H32Br4O4. The molecule has 0 radical (unpaired) electrons. The summed E-state index contributed by atoms with van der Waals surface area (Å²) in [5, 5.41) is 0. The topological polar surface area (TPSA) is 43.5 Å². The molecule has 8 heteroatoms. The fourth-order valence-corrected chi connectivity index (χ4v) is 9.71. The van der Waals surface area contributed by atoms with Gasteiger partial charge in [-0.1, -0.05) is 77.6 Å². The molecule has 4 rings (SSSR count). The molecule has 168 valence electrons. The first-order chi connectivity index (χ1) is 13.8. The number of halogens is 4. The Morgan fingerprint density at radius 2 is 1.00 bits per heavy atom. The molecule has 4 nitrogen and oxygen atoms in total. The lowest BCUT2D eigenvalue weighted by atomic mass is 9.60. The van der Waals surface area contributed by atoms with Gasteiger partial charge in [-0.05, 0) is 42.9 Å². The van der Waals surface area contributed by atoms with E-state index in [1.807, 2.05) is 0 Å². The van der Waals surface area contributed by atoms with Gasteiger partial charge in [-0.2, -0.15) is 0 Å². The number of epoxide rings is 2. The van der Waals surface area contributed by atoms with Crippen molar-refractivity contribution in [3.05, 3.63) is 0 Å². The third kappa shape index (κ3) is 6.01. The lowest BCUT2D eigenvalue weighted by Gasteiger charge is -2.50. The van der Waals surface area contributed by atoms with Crippen molar-refractivity contribution in [1.29, 1.82) is 0 Å². The number of ether oxygens (including phenoxy) is 4. The Bertz CT molecular complexity index is 487. The van der Waals surface area contributed by atoms with Crippen molar-refractivity contribution in [3.63, 3.8) is 0 Å². The molecule has 0 aromatic heterocycles. The summed E-state index contributed by atoms with van der Waals surface area (Å²) in [5.74, 6) is 1.30. The van der Waals surface area contributed by atoms with E-state index >= 15 is 0 Å². The summed E-state index contributed by atoms with van der Waals surface area (Å²) in [6.07, 6.45) is 5.68. The summed E-state index contributed by atoms with van der Waals surface area (Å²) >= 11 is 15.8. The first kappa shape index (κ1) is 23.9. The van der Waals surface area contributed by atoms with E-state index in [4.69, 9.17) is 18.9 Å². The van der Waals surface area contributed by atoms with Gasteiger partial charge in [-0.3, -0.25) is 0 Å². The third-order valence-corrected chi connectivity index (χ3v) is 10.9. The van der Waals surface area contributed by atoms with Crippen LogP contribution in [0.3, 0.4) is 0 Å². The second-order valence-electron chi connectivity index (χ2n) is 9.73. The highest BCUT2D eigenvalue weighted by molar-refractivity contribution is 9.10. The van der Waals surface area contributed by atoms with Crippen LogP contribution in [0.2, 0.25) is 0 Å². The van der Waals surface area contributed by atoms with Gasteiger partial charge in [0.2, 0.25) is 0 Å². The molecule has 0 spiro atoms. The maximum Gasteiger partial charge on any atom is 0.104 e. The van der Waals surface area contributed by atoms with Gasteiger partial charge in [0.05, 0.1) is 38.6 Å². The normalized spacial score (nSPS) is 47.8. The Hall–Kier alpha value is 1.76. The molecule has 0 N–H and O–H groups in total. The van der Waals surface area contributed by atoms with Crippen molar-refractivity contribution in [2.45, 2.75) is 83.3 Å². The third-order valence-electron chi connectivity index (χ3n) is 7.32. The predicted octanol–water partition coefficient (Wildman–Crippen LogP) is 5.45. The fourth-order valence-electron chi connectivity index (χ4n) is 5.00. The van der Waals surface area contributed by atoms with Gasteiger partial charge in [0.1, 0.15) is 12.2 Å². The van der Waals surface area contributed by atoms with E-state index in [1.54, 1.807) is 0 Å². The van der Waals surface area contributed by atoms with E-state index in [1.165, 1.54) is 0 Å². The standard InChI is InChI=1S/C21H32Br4O4/c1-21(2,11-3-15(22)19(16(23)4-11)28-9-13-7-26-13)12-5-17(24)20(18(25)6-12)29-10-14-8-27-14/h11-20H,3-10H2,1-2H3. The van der Waals surface area contributed by atoms with Crippen molar-refractivity contribution >= 4 is 63.7 Å². The van der Waals surface area contributed by atoms with Crippen LogP contribution in [-0.2, 0) is 18.9 Å². The van der Waals surface area contributed by atoms with Crippen LogP contribution in [-0.4, -0.2) is 70.2 Å². The molecule has 6 atom stereocenters. The maximum absolute atomic E-state index is 6.18. The van der Waals surface area contributed by atoms with Crippen LogP contribution in [0.5, 0.6) is 0 Å². The SMILES string of the molecule is CC(C)(C1CC(Br)C(OCC2CO2)C(Br)C1)C1CC(Br)C(OCC2CO2)C(Br)C1. The smallest absolute Gasteiger partial charge is 0.104 e. The molecule has 6 unspecified atom stereocenters. The average molecular weight is 668 g/mol. The Balaban J connectivity index is 1.33. The number of hydrogen-bond donors (Lipinski definition) is 0. The first-order valence-electron chi connectivity index (χ1n) is 10.8. The monoisotopic (exact) mass is 664 g/mol. The van der Waals surface area contributed by atoms with Gasteiger partial charge in [0.25, 0.3) is 0 Å². The van der Waals surface area contributed by atoms with E-state index in [0.717, 1.165) is 52.1 Å².